The van der Waals surface area contributed by atoms with Crippen molar-refractivity contribution in [3.05, 3.63) is 0 Å². The molecule has 1 heterocycles. The van der Waals surface area contributed by atoms with Gasteiger partial charge in [0, 0.05) is 49.4 Å². The highest BCUT2D eigenvalue weighted by atomic mass is 32.2. The molecule has 0 amide bonds. The Morgan fingerprint density at radius 3 is 1.90 bits per heavy atom. The summed E-state index contributed by atoms with van der Waals surface area (Å²) in [6.07, 6.45) is 9.78. The molecule has 0 unspecified atom stereocenters. The van der Waals surface area contributed by atoms with Crippen molar-refractivity contribution in [3.63, 3.8) is 0 Å². The maximum atomic E-state index is 11.5. The predicted octanol–water partition coefficient (Wildman–Crippen LogP) is 2.65. The Balaban J connectivity index is 1.39. The number of thioether (sulfide) groups is 1. The molecule has 120 valence electrons. The van der Waals surface area contributed by atoms with Crippen molar-refractivity contribution in [1.29, 1.82) is 0 Å². The van der Waals surface area contributed by atoms with E-state index >= 15 is 0 Å². The lowest BCUT2D eigenvalue weighted by atomic mass is 9.83. The first-order valence-electron chi connectivity index (χ1n) is 8.68. The molecule has 2 aliphatic carbocycles. The van der Waals surface area contributed by atoms with Gasteiger partial charge in [0.15, 0.2) is 0 Å². The Morgan fingerprint density at radius 1 is 0.905 bits per heavy atom. The Kier molecular flexibility index (Phi) is 5.28. The third-order valence-corrected chi connectivity index (χ3v) is 7.11. The number of ketones is 1. The molecule has 3 nitrogen and oxygen atoms in total. The number of hydrogen-bond donors (Lipinski definition) is 0. The topological polar surface area (TPSA) is 23.6 Å². The van der Waals surface area contributed by atoms with Crippen LogP contribution in [0.1, 0.15) is 45.4 Å². The van der Waals surface area contributed by atoms with Crippen molar-refractivity contribution in [3.8, 4) is 0 Å². The van der Waals surface area contributed by atoms with E-state index in [0.29, 0.717) is 11.7 Å². The van der Waals surface area contributed by atoms with Crippen LogP contribution < -0.4 is 0 Å². The van der Waals surface area contributed by atoms with E-state index < -0.39 is 0 Å². The van der Waals surface area contributed by atoms with Crippen LogP contribution in [0.25, 0.3) is 0 Å². The lowest BCUT2D eigenvalue weighted by Gasteiger charge is -2.48. The monoisotopic (exact) mass is 310 g/mol. The van der Waals surface area contributed by atoms with E-state index in [1.807, 2.05) is 11.8 Å². The van der Waals surface area contributed by atoms with E-state index in [1.54, 1.807) is 6.92 Å². The molecule has 0 aromatic heterocycles. The van der Waals surface area contributed by atoms with E-state index in [4.69, 9.17) is 0 Å². The van der Waals surface area contributed by atoms with Crippen LogP contribution in [0.3, 0.4) is 0 Å². The zero-order valence-electron chi connectivity index (χ0n) is 13.6. The Labute approximate surface area is 133 Å². The maximum absolute atomic E-state index is 11.5. The fourth-order valence-electron chi connectivity index (χ4n) is 4.34. The summed E-state index contributed by atoms with van der Waals surface area (Å²) in [7, 11) is 0. The lowest BCUT2D eigenvalue weighted by Crippen LogP contribution is -2.56. The summed E-state index contributed by atoms with van der Waals surface area (Å²) < 4.78 is 0. The second-order valence-corrected chi connectivity index (χ2v) is 8.31. The van der Waals surface area contributed by atoms with Gasteiger partial charge < -0.3 is 0 Å². The van der Waals surface area contributed by atoms with Gasteiger partial charge in [0.25, 0.3) is 0 Å². The number of Topliss-reactive ketones (excluding diaryl/α,β-unsaturated/α-hetero) is 1. The van der Waals surface area contributed by atoms with E-state index in [0.717, 1.165) is 30.2 Å². The van der Waals surface area contributed by atoms with Gasteiger partial charge in [-0.1, -0.05) is 0 Å². The summed E-state index contributed by atoms with van der Waals surface area (Å²) in [4.78, 5) is 16.9. The van der Waals surface area contributed by atoms with Gasteiger partial charge in [-0.15, -0.1) is 0 Å². The Morgan fingerprint density at radius 2 is 1.43 bits per heavy atom. The minimum atomic E-state index is 0.362. The molecule has 3 fully saturated rings. The molecule has 2 saturated carbocycles. The van der Waals surface area contributed by atoms with Gasteiger partial charge in [-0.05, 0) is 51.7 Å². The average molecular weight is 311 g/mol. The lowest BCUT2D eigenvalue weighted by molar-refractivity contribution is -0.122. The molecule has 3 rings (SSSR count). The molecule has 21 heavy (non-hydrogen) atoms. The van der Waals surface area contributed by atoms with Crippen LogP contribution in [-0.2, 0) is 4.79 Å². The van der Waals surface area contributed by atoms with Crippen molar-refractivity contribution >= 4 is 17.5 Å². The predicted molar refractivity (Wildman–Crippen MR) is 89.9 cm³/mol. The zero-order chi connectivity index (χ0) is 14.8. The van der Waals surface area contributed by atoms with Gasteiger partial charge >= 0.3 is 0 Å². The van der Waals surface area contributed by atoms with Gasteiger partial charge in [-0.3, -0.25) is 14.6 Å². The number of rotatable bonds is 4. The molecule has 1 saturated heterocycles. The van der Waals surface area contributed by atoms with Crippen molar-refractivity contribution in [2.24, 2.45) is 5.92 Å². The summed E-state index contributed by atoms with van der Waals surface area (Å²) in [6, 6.07) is 1.63. The fourth-order valence-corrected chi connectivity index (χ4v) is 5.17. The molecular formula is C17H30N2OS. The number of carbonyl (C=O) groups is 1. The molecule has 0 atom stereocenters. The van der Waals surface area contributed by atoms with Gasteiger partial charge in [0.05, 0.1) is 0 Å². The van der Waals surface area contributed by atoms with Crippen molar-refractivity contribution in [2.75, 3.05) is 32.4 Å². The molecule has 0 N–H and O–H groups in total. The van der Waals surface area contributed by atoms with Crippen LogP contribution in [0.15, 0.2) is 0 Å². The van der Waals surface area contributed by atoms with Gasteiger partial charge in [0.2, 0.25) is 0 Å². The minimum Gasteiger partial charge on any atom is -0.300 e. The number of carbonyl (C=O) groups excluding carboxylic acids is 1. The molecule has 0 spiro atoms. The van der Waals surface area contributed by atoms with Crippen LogP contribution in [0, 0.1) is 5.92 Å². The molecule has 0 aromatic carbocycles. The summed E-state index contributed by atoms with van der Waals surface area (Å²) in [5.41, 5.74) is 0. The molecule has 3 aliphatic rings. The van der Waals surface area contributed by atoms with Crippen molar-refractivity contribution in [2.45, 2.75) is 62.8 Å². The first-order chi connectivity index (χ1) is 10.2. The number of nitrogens with zero attached hydrogens (tertiary/aromatic N) is 2. The van der Waals surface area contributed by atoms with E-state index in [2.05, 4.69) is 16.1 Å². The summed E-state index contributed by atoms with van der Waals surface area (Å²) in [5, 5.41) is 0.926. The van der Waals surface area contributed by atoms with Crippen LogP contribution in [0.4, 0.5) is 0 Å². The molecular weight excluding hydrogens is 280 g/mol. The Bertz CT molecular complexity index is 354. The van der Waals surface area contributed by atoms with E-state index in [-0.39, 0.29) is 0 Å². The van der Waals surface area contributed by atoms with Gasteiger partial charge in [0.1, 0.15) is 5.78 Å². The summed E-state index contributed by atoms with van der Waals surface area (Å²) in [6.45, 7) is 6.78. The Hall–Kier alpha value is -0.0600. The van der Waals surface area contributed by atoms with Crippen LogP contribution in [0.5, 0.6) is 0 Å². The van der Waals surface area contributed by atoms with E-state index in [9.17, 15) is 4.79 Å². The standard InChI is InChI=1S/C17H30N2OS/c1-13(20)14-3-5-15(6-4-14)18-7-9-19(10-8-18)16-11-17(12-16)21-2/h14-17H,3-12H2,1-2H3. The fraction of sp³-hybridized carbons (Fsp3) is 0.941. The summed E-state index contributed by atoms with van der Waals surface area (Å²) in [5.74, 6) is 0.771. The van der Waals surface area contributed by atoms with Crippen molar-refractivity contribution < 1.29 is 4.79 Å². The zero-order valence-corrected chi connectivity index (χ0v) is 14.4. The highest BCUT2D eigenvalue weighted by Gasteiger charge is 2.36. The number of hydrogen-bond acceptors (Lipinski definition) is 4. The van der Waals surface area contributed by atoms with Crippen LogP contribution in [0.2, 0.25) is 0 Å². The molecule has 4 heteroatoms. The molecule has 0 bridgehead atoms. The first-order valence-corrected chi connectivity index (χ1v) is 9.97. The van der Waals surface area contributed by atoms with Gasteiger partial charge in [-0.25, -0.2) is 0 Å². The first kappa shape index (κ1) is 15.8. The van der Waals surface area contributed by atoms with Gasteiger partial charge in [-0.2, -0.15) is 11.8 Å². The third-order valence-electron chi connectivity index (χ3n) is 6.06. The molecule has 1 aliphatic heterocycles. The SMILES string of the molecule is CSC1CC(N2CCN(C3CCC(C(C)=O)CC3)CC2)C1. The average Bonchev–Trinajstić information content (AvgIpc) is 2.47. The maximum Gasteiger partial charge on any atom is 0.132 e. The van der Waals surface area contributed by atoms with Crippen LogP contribution in [-0.4, -0.2) is 65.4 Å². The summed E-state index contributed by atoms with van der Waals surface area (Å²) >= 11 is 2.04. The highest BCUT2D eigenvalue weighted by molar-refractivity contribution is 7.99. The van der Waals surface area contributed by atoms with Crippen LogP contribution >= 0.6 is 11.8 Å². The smallest absolute Gasteiger partial charge is 0.132 e. The van der Waals surface area contributed by atoms with E-state index in [1.165, 1.54) is 51.9 Å². The third kappa shape index (κ3) is 3.65. The molecule has 0 aromatic rings. The quantitative estimate of drug-likeness (QED) is 0.796. The largest absolute Gasteiger partial charge is 0.300 e. The minimum absolute atomic E-state index is 0.362. The second kappa shape index (κ2) is 7.01. The van der Waals surface area contributed by atoms with Crippen molar-refractivity contribution in [1.82, 2.24) is 9.80 Å². The number of piperazine rings is 1. The highest BCUT2D eigenvalue weighted by Crippen LogP contribution is 2.35. The second-order valence-electron chi connectivity index (χ2n) is 7.17. The molecule has 0 radical (unpaired) electrons. The normalized spacial score (nSPS) is 39.0.